The second-order valence-electron chi connectivity index (χ2n) is 14.7. The maximum absolute atomic E-state index is 2.42. The highest BCUT2D eigenvalue weighted by molar-refractivity contribution is 7.22. The first-order valence-corrected chi connectivity index (χ1v) is 19.3. The molecule has 0 saturated carbocycles. The summed E-state index contributed by atoms with van der Waals surface area (Å²) in [5.74, 6) is 0. The third kappa shape index (κ3) is 3.65. The Balaban J connectivity index is 1.24. The van der Waals surface area contributed by atoms with E-state index in [0.29, 0.717) is 0 Å². The quantitative estimate of drug-likeness (QED) is 0.159. The van der Waals surface area contributed by atoms with Crippen molar-refractivity contribution in [2.45, 2.75) is 12.3 Å². The molecule has 1 spiro atoms. The molecule has 2 aliphatic rings. The molecule has 2 aliphatic carbocycles. The molecule has 0 nitrogen and oxygen atoms in total. The van der Waals surface area contributed by atoms with Crippen LogP contribution in [-0.2, 0) is 5.41 Å². The van der Waals surface area contributed by atoms with Crippen molar-refractivity contribution in [1.29, 1.82) is 0 Å². The van der Waals surface area contributed by atoms with E-state index in [1.165, 1.54) is 114 Å². The fourth-order valence-corrected chi connectivity index (χ4v) is 11.5. The largest absolute Gasteiger partial charge is 0.135 e. The van der Waals surface area contributed by atoms with Gasteiger partial charge in [-0.1, -0.05) is 170 Å². The van der Waals surface area contributed by atoms with Crippen molar-refractivity contribution in [3.05, 3.63) is 204 Å². The van der Waals surface area contributed by atoms with Crippen molar-refractivity contribution in [3.63, 3.8) is 0 Å². The van der Waals surface area contributed by atoms with Gasteiger partial charge in [0.2, 0.25) is 0 Å². The summed E-state index contributed by atoms with van der Waals surface area (Å²) >= 11 is 1.94. The Morgan fingerprint density at radius 2 is 0.830 bits per heavy atom. The molecule has 0 bridgehead atoms. The fraction of sp³-hybridized carbons (Fsp3) is 0.0385. The van der Waals surface area contributed by atoms with Crippen LogP contribution in [0.1, 0.15) is 27.8 Å². The lowest BCUT2D eigenvalue weighted by Gasteiger charge is -2.30. The van der Waals surface area contributed by atoms with Crippen LogP contribution in [0.4, 0.5) is 0 Å². The van der Waals surface area contributed by atoms with E-state index in [1.807, 2.05) is 11.3 Å². The highest BCUT2D eigenvalue weighted by Crippen LogP contribution is 2.67. The van der Waals surface area contributed by atoms with Gasteiger partial charge in [0.1, 0.15) is 0 Å². The molecule has 0 saturated heterocycles. The molecule has 1 unspecified atom stereocenters. The van der Waals surface area contributed by atoms with Crippen molar-refractivity contribution in [3.8, 4) is 43.8 Å². The zero-order chi connectivity index (χ0) is 34.8. The highest BCUT2D eigenvalue weighted by Gasteiger charge is 2.53. The Kier molecular flexibility index (Phi) is 5.88. The summed E-state index contributed by atoms with van der Waals surface area (Å²) in [5.41, 5.74) is 15.7. The van der Waals surface area contributed by atoms with Gasteiger partial charge in [0.05, 0.1) is 5.41 Å². The van der Waals surface area contributed by atoms with E-state index >= 15 is 0 Å². The van der Waals surface area contributed by atoms with Gasteiger partial charge in [0, 0.05) is 9.58 Å². The summed E-state index contributed by atoms with van der Waals surface area (Å²) in [6, 6.07) is 66.3. The van der Waals surface area contributed by atoms with Crippen LogP contribution < -0.4 is 0 Å². The summed E-state index contributed by atoms with van der Waals surface area (Å²) in [7, 11) is 0. The predicted molar refractivity (Wildman–Crippen MR) is 226 cm³/mol. The number of fused-ring (bicyclic) bond motifs is 15. The maximum atomic E-state index is 2.42. The normalized spacial score (nSPS) is 15.3. The van der Waals surface area contributed by atoms with Crippen LogP contribution >= 0.6 is 11.3 Å². The van der Waals surface area contributed by atoms with E-state index in [1.54, 1.807) is 0 Å². The van der Waals surface area contributed by atoms with Gasteiger partial charge in [0.15, 0.2) is 0 Å². The molecule has 0 radical (unpaired) electrons. The van der Waals surface area contributed by atoms with Gasteiger partial charge in [-0.05, 0) is 117 Å². The molecule has 1 aromatic heterocycles. The lowest BCUT2D eigenvalue weighted by Crippen LogP contribution is -2.25. The highest BCUT2D eigenvalue weighted by atomic mass is 32.1. The summed E-state index contributed by atoms with van der Waals surface area (Å²) in [4.78, 5) is 1.40. The maximum Gasteiger partial charge on any atom is 0.0740 e. The van der Waals surface area contributed by atoms with Crippen molar-refractivity contribution in [1.82, 2.24) is 0 Å². The number of thiophene rings is 1. The molecular formula is C52H32S. The second kappa shape index (κ2) is 10.6. The molecule has 12 rings (SSSR count). The SMILES string of the molecule is Cc1ccc(-c2c3ccccc3c(-c3cccc4c3-c3ccccc3C43c4ccccc4-c4sc5ccccc5c43)c3ccccc23)c2ccccc12. The molecule has 0 N–H and O–H groups in total. The minimum atomic E-state index is -0.403. The first kappa shape index (κ1) is 29.3. The molecular weight excluding hydrogens is 657 g/mol. The third-order valence-corrected chi connectivity index (χ3v) is 13.4. The number of benzene rings is 9. The van der Waals surface area contributed by atoms with Gasteiger partial charge in [0.25, 0.3) is 0 Å². The van der Waals surface area contributed by atoms with Crippen LogP contribution in [0.5, 0.6) is 0 Å². The summed E-state index contributed by atoms with van der Waals surface area (Å²) in [6.45, 7) is 2.22. The van der Waals surface area contributed by atoms with E-state index in [9.17, 15) is 0 Å². The van der Waals surface area contributed by atoms with Crippen LogP contribution in [-0.4, -0.2) is 0 Å². The van der Waals surface area contributed by atoms with Gasteiger partial charge in [-0.3, -0.25) is 0 Å². The van der Waals surface area contributed by atoms with Gasteiger partial charge in [-0.2, -0.15) is 0 Å². The van der Waals surface area contributed by atoms with E-state index in [4.69, 9.17) is 0 Å². The van der Waals surface area contributed by atoms with Crippen molar-refractivity contribution < 1.29 is 0 Å². The van der Waals surface area contributed by atoms with Crippen LogP contribution in [0.3, 0.4) is 0 Å². The predicted octanol–water partition coefficient (Wildman–Crippen LogP) is 14.3. The molecule has 1 heterocycles. The Morgan fingerprint density at radius 3 is 1.53 bits per heavy atom. The van der Waals surface area contributed by atoms with Crippen molar-refractivity contribution in [2.24, 2.45) is 0 Å². The van der Waals surface area contributed by atoms with Gasteiger partial charge >= 0.3 is 0 Å². The average Bonchev–Trinajstić information content (AvgIpc) is 3.84. The third-order valence-electron chi connectivity index (χ3n) is 12.2. The van der Waals surface area contributed by atoms with Gasteiger partial charge in [-0.25, -0.2) is 0 Å². The molecule has 1 heteroatoms. The lowest BCUT2D eigenvalue weighted by molar-refractivity contribution is 0.803. The molecule has 10 aromatic rings. The molecule has 9 aromatic carbocycles. The topological polar surface area (TPSA) is 0 Å². The monoisotopic (exact) mass is 688 g/mol. The van der Waals surface area contributed by atoms with Gasteiger partial charge in [-0.15, -0.1) is 11.3 Å². The van der Waals surface area contributed by atoms with Crippen LogP contribution in [0.15, 0.2) is 176 Å². The summed E-state index contributed by atoms with van der Waals surface area (Å²) in [6.07, 6.45) is 0. The Morgan fingerprint density at radius 1 is 0.340 bits per heavy atom. The molecule has 0 fully saturated rings. The standard InChI is InChI=1S/C52H32S/c1-31-29-30-38(33-16-3-2-15-32(31)33)47-34-17-4-6-19-36(34)48(37-20-7-5-18-35(37)47)42-24-14-27-45-49(42)39-21-8-11-25-43(39)52(45)44-26-12-9-22-40(44)51-50(52)41-23-10-13-28-46(41)53-51/h2-30H,1H3. The summed E-state index contributed by atoms with van der Waals surface area (Å²) < 4.78 is 1.35. The van der Waals surface area contributed by atoms with Crippen molar-refractivity contribution in [2.75, 3.05) is 0 Å². The van der Waals surface area contributed by atoms with E-state index < -0.39 is 5.41 Å². The summed E-state index contributed by atoms with van der Waals surface area (Å²) in [5, 5.41) is 9.10. The Labute approximate surface area is 312 Å². The minimum absolute atomic E-state index is 0.403. The lowest BCUT2D eigenvalue weighted by atomic mass is 9.70. The number of aryl methyl sites for hydroxylation is 1. The molecule has 246 valence electrons. The van der Waals surface area contributed by atoms with Crippen LogP contribution in [0.2, 0.25) is 0 Å². The Bertz CT molecular complexity index is 3140. The fourth-order valence-electron chi connectivity index (χ4n) is 10.2. The number of hydrogen-bond donors (Lipinski definition) is 0. The van der Waals surface area contributed by atoms with Crippen LogP contribution in [0, 0.1) is 6.92 Å². The van der Waals surface area contributed by atoms with E-state index in [-0.39, 0.29) is 0 Å². The zero-order valence-electron chi connectivity index (χ0n) is 29.2. The second-order valence-corrected chi connectivity index (χ2v) is 15.7. The molecule has 0 aliphatic heterocycles. The minimum Gasteiger partial charge on any atom is -0.135 e. The average molecular weight is 689 g/mol. The first-order valence-electron chi connectivity index (χ1n) is 18.5. The molecule has 0 amide bonds. The van der Waals surface area contributed by atoms with E-state index in [0.717, 1.165) is 0 Å². The Hall–Kier alpha value is -6.28. The number of hydrogen-bond acceptors (Lipinski definition) is 1. The van der Waals surface area contributed by atoms with Gasteiger partial charge < -0.3 is 0 Å². The zero-order valence-corrected chi connectivity index (χ0v) is 30.0. The van der Waals surface area contributed by atoms with E-state index in [2.05, 4.69) is 183 Å². The molecule has 53 heavy (non-hydrogen) atoms. The van der Waals surface area contributed by atoms with Crippen LogP contribution in [0.25, 0.3) is 86.2 Å². The smallest absolute Gasteiger partial charge is 0.0740 e. The number of rotatable bonds is 2. The molecule has 1 atom stereocenters. The first-order chi connectivity index (χ1) is 26.2. The van der Waals surface area contributed by atoms with Crippen molar-refractivity contribution >= 4 is 53.7 Å².